The molecule has 2 rings (SSSR count). The number of rotatable bonds is 14. The van der Waals surface area contributed by atoms with Crippen LogP contribution in [0, 0.1) is 5.41 Å². The summed E-state index contributed by atoms with van der Waals surface area (Å²) in [5, 5.41) is 30.5. The monoisotopic (exact) mass is 496 g/mol. The second-order valence-electron chi connectivity index (χ2n) is 8.13. The fourth-order valence-electron chi connectivity index (χ4n) is 3.34. The summed E-state index contributed by atoms with van der Waals surface area (Å²) in [6.07, 6.45) is -1.17. The Hall–Kier alpha value is -4.54. The molecule has 2 aromatic carbocycles. The van der Waals surface area contributed by atoms with E-state index in [0.29, 0.717) is 16.7 Å². The van der Waals surface area contributed by atoms with Gasteiger partial charge in [0.25, 0.3) is 0 Å². The van der Waals surface area contributed by atoms with Gasteiger partial charge in [-0.15, -0.1) is 0 Å². The lowest BCUT2D eigenvalue weighted by molar-refractivity contribution is -0.143. The van der Waals surface area contributed by atoms with Crippen LogP contribution in [-0.4, -0.2) is 57.7 Å². The standard InChI is InChI=1S/C25H28N4O7/c26-23(27)17-8-6-16(7-9-17)12-18(30)10-11-21(31)28-19(14-22(32)33)24(34)29-20(25(35)36)13-15-4-2-1-3-5-15/h1-9,19-20H,10-14H2,(H3,26,27)(H,28,31)(H,29,34)(H,32,33)(H,35,36)/t19-,20-/m0/s1. The highest BCUT2D eigenvalue weighted by Gasteiger charge is 2.28. The minimum atomic E-state index is -1.51. The van der Waals surface area contributed by atoms with E-state index in [9.17, 15) is 29.1 Å². The number of ketones is 1. The smallest absolute Gasteiger partial charge is 0.326 e. The Morgan fingerprint density at radius 2 is 1.47 bits per heavy atom. The lowest BCUT2D eigenvalue weighted by Gasteiger charge is -2.20. The van der Waals surface area contributed by atoms with Crippen LogP contribution in [0.2, 0.25) is 0 Å². The van der Waals surface area contributed by atoms with Crippen LogP contribution in [0.1, 0.15) is 36.0 Å². The van der Waals surface area contributed by atoms with Gasteiger partial charge in [-0.05, 0) is 11.1 Å². The summed E-state index contributed by atoms with van der Waals surface area (Å²) in [7, 11) is 0. The molecule has 11 nitrogen and oxygen atoms in total. The van der Waals surface area contributed by atoms with Crippen molar-refractivity contribution in [1.82, 2.24) is 10.6 Å². The molecular weight excluding hydrogens is 468 g/mol. The van der Waals surface area contributed by atoms with Crippen molar-refractivity contribution in [1.29, 1.82) is 5.41 Å². The van der Waals surface area contributed by atoms with E-state index in [0.717, 1.165) is 0 Å². The first-order valence-corrected chi connectivity index (χ1v) is 11.1. The zero-order chi connectivity index (χ0) is 26.7. The summed E-state index contributed by atoms with van der Waals surface area (Å²) in [5.41, 5.74) is 7.23. The van der Waals surface area contributed by atoms with Crippen molar-refractivity contribution in [2.45, 2.75) is 44.2 Å². The molecule has 0 spiro atoms. The molecule has 11 heteroatoms. The number of carbonyl (C=O) groups excluding carboxylic acids is 3. The number of nitrogens with two attached hydrogens (primary N) is 1. The minimum absolute atomic E-state index is 0.0302. The Bertz CT molecular complexity index is 1120. The molecule has 2 atom stereocenters. The van der Waals surface area contributed by atoms with Gasteiger partial charge in [0.05, 0.1) is 6.42 Å². The lowest BCUT2D eigenvalue weighted by Crippen LogP contribution is -2.52. The molecule has 7 N–H and O–H groups in total. The quantitative estimate of drug-likeness (QED) is 0.161. The van der Waals surface area contributed by atoms with Crippen LogP contribution in [0.4, 0.5) is 0 Å². The third-order valence-corrected chi connectivity index (χ3v) is 5.22. The summed E-state index contributed by atoms with van der Waals surface area (Å²) < 4.78 is 0. The predicted octanol–water partition coefficient (Wildman–Crippen LogP) is 0.634. The Kier molecular flexibility index (Phi) is 10.3. The maximum atomic E-state index is 12.6. The molecule has 0 unspecified atom stereocenters. The summed E-state index contributed by atoms with van der Waals surface area (Å²) in [4.78, 5) is 60.0. The highest BCUT2D eigenvalue weighted by molar-refractivity contribution is 5.95. The van der Waals surface area contributed by atoms with E-state index in [1.165, 1.54) is 0 Å². The fourth-order valence-corrected chi connectivity index (χ4v) is 3.34. The molecule has 0 bridgehead atoms. The molecular formula is C25H28N4O7. The topological polar surface area (TPSA) is 200 Å². The van der Waals surface area contributed by atoms with Gasteiger partial charge in [0.2, 0.25) is 11.8 Å². The Morgan fingerprint density at radius 1 is 0.833 bits per heavy atom. The maximum absolute atomic E-state index is 12.6. The van der Waals surface area contributed by atoms with Gasteiger partial charge >= 0.3 is 11.9 Å². The van der Waals surface area contributed by atoms with E-state index in [1.54, 1.807) is 54.6 Å². The van der Waals surface area contributed by atoms with Crippen LogP contribution in [0.25, 0.3) is 0 Å². The number of carboxylic acids is 2. The van der Waals surface area contributed by atoms with Gasteiger partial charge in [0.15, 0.2) is 0 Å². The number of benzene rings is 2. The van der Waals surface area contributed by atoms with Crippen LogP contribution in [0.5, 0.6) is 0 Å². The van der Waals surface area contributed by atoms with Crippen LogP contribution >= 0.6 is 0 Å². The van der Waals surface area contributed by atoms with Crippen molar-refractivity contribution in [3.8, 4) is 0 Å². The van der Waals surface area contributed by atoms with Crippen molar-refractivity contribution in [2.75, 3.05) is 0 Å². The highest BCUT2D eigenvalue weighted by Crippen LogP contribution is 2.08. The zero-order valence-electron chi connectivity index (χ0n) is 19.4. The van der Waals surface area contributed by atoms with Gasteiger partial charge in [-0.3, -0.25) is 24.6 Å². The van der Waals surface area contributed by atoms with Gasteiger partial charge in [0, 0.05) is 31.2 Å². The molecule has 0 heterocycles. The molecule has 2 amide bonds. The normalized spacial score (nSPS) is 12.1. The van der Waals surface area contributed by atoms with Crippen molar-refractivity contribution in [2.24, 2.45) is 5.73 Å². The van der Waals surface area contributed by atoms with Crippen LogP contribution in [0.3, 0.4) is 0 Å². The van der Waals surface area contributed by atoms with Gasteiger partial charge in [-0.2, -0.15) is 0 Å². The van der Waals surface area contributed by atoms with Gasteiger partial charge in [-0.1, -0.05) is 54.6 Å². The largest absolute Gasteiger partial charge is 0.481 e. The van der Waals surface area contributed by atoms with E-state index >= 15 is 0 Å². The number of carboxylic acid groups (broad SMARTS) is 2. The number of amides is 2. The van der Waals surface area contributed by atoms with E-state index in [4.69, 9.17) is 16.2 Å². The molecule has 190 valence electrons. The number of amidine groups is 1. The zero-order valence-corrected chi connectivity index (χ0v) is 19.4. The average Bonchev–Trinajstić information content (AvgIpc) is 2.82. The van der Waals surface area contributed by atoms with Crippen molar-refractivity contribution in [3.63, 3.8) is 0 Å². The first kappa shape index (κ1) is 27.7. The predicted molar refractivity (Wildman–Crippen MR) is 129 cm³/mol. The summed E-state index contributed by atoms with van der Waals surface area (Å²) in [6.45, 7) is 0. The second kappa shape index (κ2) is 13.4. The Balaban J connectivity index is 1.93. The summed E-state index contributed by atoms with van der Waals surface area (Å²) in [5.74, 6) is -4.70. The van der Waals surface area contributed by atoms with Crippen molar-refractivity contribution in [3.05, 3.63) is 71.3 Å². The van der Waals surface area contributed by atoms with Crippen LogP contribution < -0.4 is 16.4 Å². The summed E-state index contributed by atoms with van der Waals surface area (Å²) in [6, 6.07) is 12.2. The Labute approximate surface area is 207 Å². The van der Waals surface area contributed by atoms with Gasteiger partial charge in [-0.25, -0.2) is 4.79 Å². The minimum Gasteiger partial charge on any atom is -0.481 e. The van der Waals surface area contributed by atoms with Crippen molar-refractivity contribution >= 4 is 35.4 Å². The molecule has 0 aliphatic carbocycles. The summed E-state index contributed by atoms with van der Waals surface area (Å²) >= 11 is 0. The van der Waals surface area contributed by atoms with E-state index in [1.807, 2.05) is 0 Å². The molecule has 0 saturated heterocycles. The number of nitrogen functional groups attached to an aromatic ring is 1. The molecule has 0 aliphatic heterocycles. The first-order chi connectivity index (χ1) is 17.0. The van der Waals surface area contributed by atoms with Crippen LogP contribution in [-0.2, 0) is 36.8 Å². The van der Waals surface area contributed by atoms with E-state index in [2.05, 4.69) is 10.6 Å². The third kappa shape index (κ3) is 9.37. The molecule has 2 aromatic rings. The number of hydrogen-bond donors (Lipinski definition) is 6. The number of Topliss-reactive ketones (excluding diaryl/α,β-unsaturated/α-hetero) is 1. The second-order valence-corrected chi connectivity index (χ2v) is 8.13. The Morgan fingerprint density at radius 3 is 2.03 bits per heavy atom. The maximum Gasteiger partial charge on any atom is 0.326 e. The van der Waals surface area contributed by atoms with Crippen molar-refractivity contribution < 1.29 is 34.2 Å². The van der Waals surface area contributed by atoms with Gasteiger partial charge < -0.3 is 26.6 Å². The van der Waals surface area contributed by atoms with Gasteiger partial charge in [0.1, 0.15) is 23.7 Å². The molecule has 0 radical (unpaired) electrons. The van der Waals surface area contributed by atoms with E-state index < -0.39 is 42.3 Å². The molecule has 0 aliphatic rings. The molecule has 0 fully saturated rings. The van der Waals surface area contributed by atoms with E-state index in [-0.39, 0.29) is 37.3 Å². The molecule has 0 aromatic heterocycles. The fraction of sp³-hybridized carbons (Fsp3) is 0.280. The average molecular weight is 497 g/mol. The lowest BCUT2D eigenvalue weighted by atomic mass is 10.0. The first-order valence-electron chi connectivity index (χ1n) is 11.1. The highest BCUT2D eigenvalue weighted by atomic mass is 16.4. The number of nitrogens with one attached hydrogen (secondary N) is 3. The third-order valence-electron chi connectivity index (χ3n) is 5.22. The SMILES string of the molecule is N=C(N)c1ccc(CC(=O)CCC(=O)N[C@@H](CC(=O)O)C(=O)N[C@@H](Cc2ccccc2)C(=O)O)cc1. The number of aliphatic carboxylic acids is 2. The number of hydrogen-bond acceptors (Lipinski definition) is 6. The van der Waals surface area contributed by atoms with Crippen LogP contribution in [0.15, 0.2) is 54.6 Å². The molecule has 36 heavy (non-hydrogen) atoms. The number of carbonyl (C=O) groups is 5. The molecule has 0 saturated carbocycles.